The van der Waals surface area contributed by atoms with Crippen LogP contribution in [-0.2, 0) is 6.18 Å². The Kier molecular flexibility index (Phi) is 2.80. The van der Waals surface area contributed by atoms with Crippen molar-refractivity contribution in [2.24, 2.45) is 0 Å². The van der Waals surface area contributed by atoms with Crippen molar-refractivity contribution in [1.29, 1.82) is 0 Å². The SMILES string of the molecule is FC(F)(F)c1ccc(-n2cccc2)c(Br)c1. The average molecular weight is 290 g/mol. The lowest BCUT2D eigenvalue weighted by Crippen LogP contribution is -2.05. The number of halogens is 4. The van der Waals surface area contributed by atoms with E-state index in [9.17, 15) is 13.2 Å². The van der Waals surface area contributed by atoms with Crippen molar-refractivity contribution in [1.82, 2.24) is 4.57 Å². The topological polar surface area (TPSA) is 4.93 Å². The fraction of sp³-hybridized carbons (Fsp3) is 0.0909. The molecule has 5 heteroatoms. The maximum Gasteiger partial charge on any atom is 0.416 e. The van der Waals surface area contributed by atoms with Crippen LogP contribution in [0.15, 0.2) is 47.2 Å². The van der Waals surface area contributed by atoms with Crippen LogP contribution in [0.1, 0.15) is 5.56 Å². The molecule has 0 radical (unpaired) electrons. The Morgan fingerprint density at radius 1 is 1.06 bits per heavy atom. The van der Waals surface area contributed by atoms with Crippen LogP contribution in [-0.4, -0.2) is 4.57 Å². The van der Waals surface area contributed by atoms with E-state index in [1.165, 1.54) is 6.07 Å². The summed E-state index contributed by atoms with van der Waals surface area (Å²) in [5.74, 6) is 0. The first kappa shape index (κ1) is 11.3. The minimum Gasteiger partial charge on any atom is -0.323 e. The van der Waals surface area contributed by atoms with Crippen LogP contribution < -0.4 is 0 Å². The van der Waals surface area contributed by atoms with Gasteiger partial charge in [-0.3, -0.25) is 0 Å². The third-order valence-corrected chi connectivity index (χ3v) is 2.79. The molecule has 1 aromatic carbocycles. The maximum absolute atomic E-state index is 12.4. The lowest BCUT2D eigenvalue weighted by atomic mass is 10.2. The zero-order valence-corrected chi connectivity index (χ0v) is 9.59. The van der Waals surface area contributed by atoms with Gasteiger partial charge in [0.15, 0.2) is 0 Å². The molecular weight excluding hydrogens is 283 g/mol. The van der Waals surface area contributed by atoms with Gasteiger partial charge in [-0.1, -0.05) is 0 Å². The minimum atomic E-state index is -4.31. The van der Waals surface area contributed by atoms with Crippen LogP contribution in [0, 0.1) is 0 Å². The van der Waals surface area contributed by atoms with Gasteiger partial charge in [0.1, 0.15) is 0 Å². The molecular formula is C11H7BrF3N. The van der Waals surface area contributed by atoms with Gasteiger partial charge in [0.2, 0.25) is 0 Å². The molecule has 0 bridgehead atoms. The molecule has 0 unspecified atom stereocenters. The summed E-state index contributed by atoms with van der Waals surface area (Å²) in [6.45, 7) is 0. The van der Waals surface area contributed by atoms with Gasteiger partial charge in [0, 0.05) is 16.9 Å². The van der Waals surface area contributed by atoms with Crippen molar-refractivity contribution < 1.29 is 13.2 Å². The molecule has 0 aliphatic carbocycles. The number of alkyl halides is 3. The number of nitrogens with zero attached hydrogens (tertiary/aromatic N) is 1. The number of hydrogen-bond donors (Lipinski definition) is 0. The Balaban J connectivity index is 2.46. The van der Waals surface area contributed by atoms with Gasteiger partial charge in [0.25, 0.3) is 0 Å². The van der Waals surface area contributed by atoms with Gasteiger partial charge in [-0.05, 0) is 46.3 Å². The molecule has 84 valence electrons. The van der Waals surface area contributed by atoms with Crippen LogP contribution in [0.25, 0.3) is 5.69 Å². The molecule has 0 atom stereocenters. The van der Waals surface area contributed by atoms with Gasteiger partial charge >= 0.3 is 6.18 Å². The Morgan fingerprint density at radius 2 is 1.69 bits per heavy atom. The summed E-state index contributed by atoms with van der Waals surface area (Å²) in [5, 5.41) is 0. The van der Waals surface area contributed by atoms with E-state index in [0.717, 1.165) is 12.1 Å². The molecule has 0 saturated carbocycles. The molecule has 2 rings (SSSR count). The molecule has 16 heavy (non-hydrogen) atoms. The van der Waals surface area contributed by atoms with Gasteiger partial charge in [-0.2, -0.15) is 13.2 Å². The van der Waals surface area contributed by atoms with Gasteiger partial charge < -0.3 is 4.57 Å². The molecule has 2 aromatic rings. The van der Waals surface area contributed by atoms with Crippen molar-refractivity contribution in [3.63, 3.8) is 0 Å². The predicted octanol–water partition coefficient (Wildman–Crippen LogP) is 4.26. The first-order valence-corrected chi connectivity index (χ1v) is 5.28. The molecule has 0 spiro atoms. The molecule has 0 fully saturated rings. The molecule has 0 aliphatic heterocycles. The van der Waals surface area contributed by atoms with E-state index in [0.29, 0.717) is 10.2 Å². The number of aromatic nitrogens is 1. The number of rotatable bonds is 1. The second-order valence-electron chi connectivity index (χ2n) is 3.25. The highest BCUT2D eigenvalue weighted by atomic mass is 79.9. The zero-order chi connectivity index (χ0) is 11.8. The van der Waals surface area contributed by atoms with E-state index in [-0.39, 0.29) is 0 Å². The Labute approximate surface area is 98.6 Å². The van der Waals surface area contributed by atoms with Crippen molar-refractivity contribution in [3.05, 3.63) is 52.8 Å². The zero-order valence-electron chi connectivity index (χ0n) is 8.00. The van der Waals surface area contributed by atoms with E-state index in [4.69, 9.17) is 0 Å². The maximum atomic E-state index is 12.4. The molecule has 1 aromatic heterocycles. The second-order valence-corrected chi connectivity index (χ2v) is 4.11. The van der Waals surface area contributed by atoms with Crippen LogP contribution in [0.3, 0.4) is 0 Å². The molecule has 0 saturated heterocycles. The molecule has 0 N–H and O–H groups in total. The third-order valence-electron chi connectivity index (χ3n) is 2.16. The van der Waals surface area contributed by atoms with Crippen LogP contribution in [0.5, 0.6) is 0 Å². The van der Waals surface area contributed by atoms with Crippen molar-refractivity contribution >= 4 is 15.9 Å². The highest BCUT2D eigenvalue weighted by Gasteiger charge is 2.30. The van der Waals surface area contributed by atoms with Gasteiger partial charge in [0.05, 0.1) is 11.3 Å². The summed E-state index contributed by atoms with van der Waals surface area (Å²) in [6.07, 6.45) is -0.765. The molecule has 1 nitrogen and oxygen atoms in total. The predicted molar refractivity (Wildman–Crippen MR) is 58.5 cm³/mol. The highest BCUT2D eigenvalue weighted by Crippen LogP contribution is 2.33. The summed E-state index contributed by atoms with van der Waals surface area (Å²) in [4.78, 5) is 0. The largest absolute Gasteiger partial charge is 0.416 e. The number of benzene rings is 1. The summed E-state index contributed by atoms with van der Waals surface area (Å²) in [7, 11) is 0. The standard InChI is InChI=1S/C11H7BrF3N/c12-9-7-8(11(13,14)15)3-4-10(9)16-5-1-2-6-16/h1-7H. The highest BCUT2D eigenvalue weighted by molar-refractivity contribution is 9.10. The van der Waals surface area contributed by atoms with E-state index >= 15 is 0 Å². The third kappa shape index (κ3) is 2.14. The monoisotopic (exact) mass is 289 g/mol. The summed E-state index contributed by atoms with van der Waals surface area (Å²) in [5.41, 5.74) is 0.0216. The minimum absolute atomic E-state index is 0.415. The first-order chi connectivity index (χ1) is 7.48. The van der Waals surface area contributed by atoms with Crippen LogP contribution in [0.4, 0.5) is 13.2 Å². The lowest BCUT2D eigenvalue weighted by Gasteiger charge is -2.10. The van der Waals surface area contributed by atoms with E-state index in [2.05, 4.69) is 15.9 Å². The van der Waals surface area contributed by atoms with Crippen molar-refractivity contribution in [2.45, 2.75) is 6.18 Å². The average Bonchev–Trinajstić information content (AvgIpc) is 2.69. The van der Waals surface area contributed by atoms with E-state index < -0.39 is 11.7 Å². The summed E-state index contributed by atoms with van der Waals surface area (Å²) >= 11 is 3.14. The fourth-order valence-corrected chi connectivity index (χ4v) is 1.97. The summed E-state index contributed by atoms with van der Waals surface area (Å²) < 4.78 is 39.4. The van der Waals surface area contributed by atoms with E-state index in [1.54, 1.807) is 17.0 Å². The van der Waals surface area contributed by atoms with Gasteiger partial charge in [-0.15, -0.1) is 0 Å². The van der Waals surface area contributed by atoms with Crippen LogP contribution >= 0.6 is 15.9 Å². The fourth-order valence-electron chi connectivity index (χ4n) is 1.39. The Bertz CT molecular complexity index is 488. The smallest absolute Gasteiger partial charge is 0.323 e. The van der Waals surface area contributed by atoms with Crippen molar-refractivity contribution in [2.75, 3.05) is 0 Å². The normalized spacial score (nSPS) is 11.8. The lowest BCUT2D eigenvalue weighted by molar-refractivity contribution is -0.137. The Morgan fingerprint density at radius 3 is 2.19 bits per heavy atom. The van der Waals surface area contributed by atoms with E-state index in [1.807, 2.05) is 12.1 Å². The second kappa shape index (κ2) is 3.97. The van der Waals surface area contributed by atoms with Gasteiger partial charge in [-0.25, -0.2) is 0 Å². The Hall–Kier alpha value is -1.23. The van der Waals surface area contributed by atoms with Crippen molar-refractivity contribution in [3.8, 4) is 5.69 Å². The summed E-state index contributed by atoms with van der Waals surface area (Å²) in [6, 6.07) is 7.20. The van der Waals surface area contributed by atoms with Crippen LogP contribution in [0.2, 0.25) is 0 Å². The molecule has 1 heterocycles. The number of hydrogen-bond acceptors (Lipinski definition) is 0. The quantitative estimate of drug-likeness (QED) is 0.739. The molecule has 0 amide bonds. The first-order valence-electron chi connectivity index (χ1n) is 4.48. The molecule has 0 aliphatic rings.